The fourth-order valence-electron chi connectivity index (χ4n) is 4.32. The zero-order valence-electron chi connectivity index (χ0n) is 15.2. The van der Waals surface area contributed by atoms with E-state index >= 15 is 0 Å². The molecule has 0 unspecified atom stereocenters. The maximum atomic E-state index is 13.4. The van der Waals surface area contributed by atoms with Crippen LogP contribution >= 0.6 is 0 Å². The lowest BCUT2D eigenvalue weighted by Crippen LogP contribution is -2.45. The van der Waals surface area contributed by atoms with Crippen molar-refractivity contribution in [2.75, 3.05) is 26.7 Å². The highest BCUT2D eigenvalue weighted by atomic mass is 19.1. The third-order valence-electron chi connectivity index (χ3n) is 5.70. The predicted octanol–water partition coefficient (Wildman–Crippen LogP) is 3.64. The average Bonchev–Trinajstić information content (AvgIpc) is 2.64. The quantitative estimate of drug-likeness (QED) is 0.839. The molecule has 4 heteroatoms. The first-order chi connectivity index (χ1) is 12.6. The second kappa shape index (κ2) is 7.20. The molecule has 0 N–H and O–H groups in total. The molecular formula is C22H25FN2O. The topological polar surface area (TPSA) is 23.6 Å². The number of hydrogen-bond donors (Lipinski definition) is 0. The van der Waals surface area contributed by atoms with Crippen molar-refractivity contribution in [2.45, 2.75) is 25.3 Å². The Hall–Kier alpha value is -2.20. The molecule has 2 heterocycles. The Labute approximate surface area is 154 Å². The molecule has 0 saturated carbocycles. The predicted molar refractivity (Wildman–Crippen MR) is 100 cm³/mol. The maximum absolute atomic E-state index is 13.4. The summed E-state index contributed by atoms with van der Waals surface area (Å²) in [5.41, 5.74) is 3.43. The Bertz CT molecular complexity index is 783. The van der Waals surface area contributed by atoms with Gasteiger partial charge >= 0.3 is 0 Å². The lowest BCUT2D eigenvalue weighted by molar-refractivity contribution is -0.133. The van der Waals surface area contributed by atoms with E-state index in [2.05, 4.69) is 24.1 Å². The van der Waals surface area contributed by atoms with Crippen LogP contribution in [0.25, 0.3) is 0 Å². The number of carbonyl (C=O) groups is 1. The average molecular weight is 352 g/mol. The molecule has 0 spiro atoms. The van der Waals surface area contributed by atoms with E-state index in [4.69, 9.17) is 0 Å². The monoisotopic (exact) mass is 352 g/mol. The molecule has 1 atom stereocenters. The minimum Gasteiger partial charge on any atom is -0.331 e. The molecule has 2 aromatic carbocycles. The molecule has 1 saturated heterocycles. The number of fused-ring (bicyclic) bond motifs is 1. The Morgan fingerprint density at radius 1 is 1.12 bits per heavy atom. The SMILES string of the molecule is CN1CC(CCC(=O)N2CCc3ccccc3[C@@H]2c2ccc(F)cc2)C1. The summed E-state index contributed by atoms with van der Waals surface area (Å²) in [6.45, 7) is 2.91. The summed E-state index contributed by atoms with van der Waals surface area (Å²) in [4.78, 5) is 17.3. The van der Waals surface area contributed by atoms with Gasteiger partial charge in [-0.1, -0.05) is 36.4 Å². The van der Waals surface area contributed by atoms with Gasteiger partial charge in [0, 0.05) is 26.1 Å². The van der Waals surface area contributed by atoms with Crippen molar-refractivity contribution in [3.63, 3.8) is 0 Å². The van der Waals surface area contributed by atoms with Crippen molar-refractivity contribution in [3.8, 4) is 0 Å². The molecule has 0 aromatic heterocycles. The molecule has 136 valence electrons. The van der Waals surface area contributed by atoms with Crippen molar-refractivity contribution < 1.29 is 9.18 Å². The van der Waals surface area contributed by atoms with Crippen molar-refractivity contribution in [1.82, 2.24) is 9.80 Å². The van der Waals surface area contributed by atoms with E-state index in [0.29, 0.717) is 12.3 Å². The van der Waals surface area contributed by atoms with Crippen LogP contribution in [-0.4, -0.2) is 42.4 Å². The molecule has 2 aromatic rings. The van der Waals surface area contributed by atoms with Gasteiger partial charge in [-0.3, -0.25) is 4.79 Å². The highest BCUT2D eigenvalue weighted by molar-refractivity contribution is 5.78. The fraction of sp³-hybridized carbons (Fsp3) is 0.409. The van der Waals surface area contributed by atoms with E-state index in [1.165, 1.54) is 23.3 Å². The number of benzene rings is 2. The van der Waals surface area contributed by atoms with Gasteiger partial charge < -0.3 is 9.80 Å². The molecule has 26 heavy (non-hydrogen) atoms. The first-order valence-electron chi connectivity index (χ1n) is 9.43. The number of nitrogens with zero attached hydrogens (tertiary/aromatic N) is 2. The summed E-state index contributed by atoms with van der Waals surface area (Å²) in [6.07, 6.45) is 2.43. The molecule has 0 aliphatic carbocycles. The summed E-state index contributed by atoms with van der Waals surface area (Å²) in [5, 5.41) is 0. The Balaban J connectivity index is 1.58. The number of halogens is 1. The maximum Gasteiger partial charge on any atom is 0.223 e. The highest BCUT2D eigenvalue weighted by Crippen LogP contribution is 2.36. The van der Waals surface area contributed by atoms with Crippen molar-refractivity contribution in [2.24, 2.45) is 5.92 Å². The number of rotatable bonds is 4. The van der Waals surface area contributed by atoms with E-state index in [0.717, 1.165) is 38.0 Å². The fourth-order valence-corrected chi connectivity index (χ4v) is 4.32. The van der Waals surface area contributed by atoms with Crippen LogP contribution in [0.2, 0.25) is 0 Å². The van der Waals surface area contributed by atoms with Crippen LogP contribution in [0.5, 0.6) is 0 Å². The number of hydrogen-bond acceptors (Lipinski definition) is 2. The number of likely N-dealkylation sites (tertiary alicyclic amines) is 1. The summed E-state index contributed by atoms with van der Waals surface area (Å²) in [5.74, 6) is 0.610. The number of carbonyl (C=O) groups excluding carboxylic acids is 1. The van der Waals surface area contributed by atoms with Gasteiger partial charge in [-0.15, -0.1) is 0 Å². The van der Waals surface area contributed by atoms with E-state index in [1.807, 2.05) is 29.2 Å². The molecule has 3 nitrogen and oxygen atoms in total. The van der Waals surface area contributed by atoms with Crippen molar-refractivity contribution in [1.29, 1.82) is 0 Å². The molecule has 1 fully saturated rings. The van der Waals surface area contributed by atoms with E-state index in [1.54, 1.807) is 0 Å². The lowest BCUT2D eigenvalue weighted by atomic mass is 9.87. The highest BCUT2D eigenvalue weighted by Gasteiger charge is 2.32. The van der Waals surface area contributed by atoms with E-state index < -0.39 is 0 Å². The van der Waals surface area contributed by atoms with Gasteiger partial charge in [-0.05, 0) is 54.6 Å². The van der Waals surface area contributed by atoms with Gasteiger partial charge in [-0.2, -0.15) is 0 Å². The molecule has 0 radical (unpaired) electrons. The summed E-state index contributed by atoms with van der Waals surface area (Å²) < 4.78 is 13.4. The minimum absolute atomic E-state index is 0.114. The largest absolute Gasteiger partial charge is 0.331 e. The van der Waals surface area contributed by atoms with Crippen LogP contribution < -0.4 is 0 Å². The molecule has 4 rings (SSSR count). The first kappa shape index (κ1) is 17.2. The van der Waals surface area contributed by atoms with Gasteiger partial charge in [-0.25, -0.2) is 4.39 Å². The van der Waals surface area contributed by atoms with Crippen LogP contribution in [0.3, 0.4) is 0 Å². The second-order valence-electron chi connectivity index (χ2n) is 7.62. The first-order valence-corrected chi connectivity index (χ1v) is 9.43. The van der Waals surface area contributed by atoms with Crippen LogP contribution in [0.4, 0.5) is 4.39 Å². The zero-order valence-corrected chi connectivity index (χ0v) is 15.2. The van der Waals surface area contributed by atoms with Gasteiger partial charge in [0.1, 0.15) is 5.82 Å². The van der Waals surface area contributed by atoms with Gasteiger partial charge in [0.15, 0.2) is 0 Å². The Kier molecular flexibility index (Phi) is 4.77. The summed E-state index contributed by atoms with van der Waals surface area (Å²) in [7, 11) is 2.12. The van der Waals surface area contributed by atoms with Gasteiger partial charge in [0.2, 0.25) is 5.91 Å². The standard InChI is InChI=1S/C22H25FN2O/c1-24-14-16(15-24)6-11-21(26)25-13-12-17-4-2-3-5-20(17)22(25)18-7-9-19(23)10-8-18/h2-5,7-10,16,22H,6,11-15H2,1H3/t22-/m0/s1. The number of amides is 1. The second-order valence-corrected chi connectivity index (χ2v) is 7.62. The Morgan fingerprint density at radius 3 is 2.58 bits per heavy atom. The summed E-state index contributed by atoms with van der Waals surface area (Å²) in [6, 6.07) is 14.8. The summed E-state index contributed by atoms with van der Waals surface area (Å²) >= 11 is 0. The Morgan fingerprint density at radius 2 is 1.85 bits per heavy atom. The molecule has 1 amide bonds. The normalized spacial score (nSPS) is 20.5. The van der Waals surface area contributed by atoms with E-state index in [9.17, 15) is 9.18 Å². The van der Waals surface area contributed by atoms with Crippen molar-refractivity contribution >= 4 is 5.91 Å². The third kappa shape index (κ3) is 3.38. The molecule has 2 aliphatic heterocycles. The molecule has 2 aliphatic rings. The van der Waals surface area contributed by atoms with Crippen LogP contribution in [0, 0.1) is 11.7 Å². The third-order valence-corrected chi connectivity index (χ3v) is 5.70. The van der Waals surface area contributed by atoms with Gasteiger partial charge in [0.05, 0.1) is 6.04 Å². The van der Waals surface area contributed by atoms with Crippen LogP contribution in [-0.2, 0) is 11.2 Å². The van der Waals surface area contributed by atoms with Gasteiger partial charge in [0.25, 0.3) is 0 Å². The van der Waals surface area contributed by atoms with Crippen molar-refractivity contribution in [3.05, 3.63) is 71.0 Å². The zero-order chi connectivity index (χ0) is 18.1. The van der Waals surface area contributed by atoms with E-state index in [-0.39, 0.29) is 17.8 Å². The minimum atomic E-state index is -0.246. The smallest absolute Gasteiger partial charge is 0.223 e. The molecular weight excluding hydrogens is 327 g/mol. The van der Waals surface area contributed by atoms with Crippen LogP contribution in [0.1, 0.15) is 35.6 Å². The lowest BCUT2D eigenvalue weighted by Gasteiger charge is -2.39. The van der Waals surface area contributed by atoms with Crippen LogP contribution in [0.15, 0.2) is 48.5 Å². The molecule has 0 bridgehead atoms.